The topological polar surface area (TPSA) is 3.88 Å². The normalized spacial score (nSPS) is 9.93. The summed E-state index contributed by atoms with van der Waals surface area (Å²) in [5.74, 6) is 0. The molecule has 3 heteroatoms. The summed E-state index contributed by atoms with van der Waals surface area (Å²) >= 11 is 3.44. The van der Waals surface area contributed by atoms with Crippen LogP contribution in [0.25, 0.3) is 10.8 Å². The van der Waals surface area contributed by atoms with Crippen LogP contribution in [-0.4, -0.2) is 5.33 Å². The van der Waals surface area contributed by atoms with E-state index in [4.69, 9.17) is 0 Å². The number of alkyl halides is 1. The van der Waals surface area contributed by atoms with Crippen LogP contribution in [0.2, 0.25) is 0 Å². The average molecular weight is 331 g/mol. The highest BCUT2D eigenvalue weighted by molar-refractivity contribution is 9.09. The molecule has 0 saturated heterocycles. The Morgan fingerprint density at radius 3 is 2.53 bits per heavy atom. The molecule has 1 nitrogen and oxygen atoms in total. The Bertz CT molecular complexity index is 429. The molecule has 0 spiro atoms. The molecule has 0 aliphatic heterocycles. The number of aromatic nitrogens is 1. The molecule has 1 aromatic heterocycles. The number of benzene rings is 1. The first-order chi connectivity index (χ1) is 6.90. The van der Waals surface area contributed by atoms with E-state index < -0.39 is 0 Å². The molecule has 0 aliphatic rings. The van der Waals surface area contributed by atoms with Gasteiger partial charge in [0.1, 0.15) is 6.54 Å². The Kier molecular flexibility index (Phi) is 5.26. The van der Waals surface area contributed by atoms with E-state index in [0.717, 1.165) is 11.9 Å². The van der Waals surface area contributed by atoms with Gasteiger partial charge in [0.15, 0.2) is 12.4 Å². The van der Waals surface area contributed by atoms with Crippen LogP contribution in [0.15, 0.2) is 42.7 Å². The van der Waals surface area contributed by atoms with Crippen molar-refractivity contribution in [3.8, 4) is 0 Å². The summed E-state index contributed by atoms with van der Waals surface area (Å²) in [6.45, 7) is 1.08. The first kappa shape index (κ1) is 12.7. The molecule has 0 fully saturated rings. The van der Waals surface area contributed by atoms with Crippen molar-refractivity contribution in [1.29, 1.82) is 0 Å². The Morgan fingerprint density at radius 1 is 1.07 bits per heavy atom. The second-order valence-electron chi connectivity index (χ2n) is 3.35. The quantitative estimate of drug-likeness (QED) is 0.547. The Labute approximate surface area is 109 Å². The van der Waals surface area contributed by atoms with Crippen LogP contribution in [0.4, 0.5) is 0 Å². The highest BCUT2D eigenvalue weighted by Crippen LogP contribution is 2.09. The Morgan fingerprint density at radius 2 is 1.80 bits per heavy atom. The highest BCUT2D eigenvalue weighted by Gasteiger charge is 2.00. The highest BCUT2D eigenvalue weighted by atomic mass is 79.9. The molecule has 0 N–H and O–H groups in total. The number of nitrogens with zero attached hydrogens (tertiary/aromatic N) is 1. The number of hydrogen-bond acceptors (Lipinski definition) is 0. The van der Waals surface area contributed by atoms with Crippen molar-refractivity contribution in [3.05, 3.63) is 42.7 Å². The molecule has 1 aromatic carbocycles. The minimum atomic E-state index is 0. The van der Waals surface area contributed by atoms with Crippen molar-refractivity contribution in [2.75, 3.05) is 5.33 Å². The molecule has 0 radical (unpaired) electrons. The van der Waals surface area contributed by atoms with Gasteiger partial charge in [0.25, 0.3) is 0 Å². The van der Waals surface area contributed by atoms with Gasteiger partial charge in [0.2, 0.25) is 0 Å². The second kappa shape index (κ2) is 6.23. The van der Waals surface area contributed by atoms with Crippen LogP contribution in [-0.2, 0) is 6.54 Å². The van der Waals surface area contributed by atoms with E-state index in [-0.39, 0.29) is 17.0 Å². The molecular weight excluding hydrogens is 318 g/mol. The molecule has 15 heavy (non-hydrogen) atoms. The maximum absolute atomic E-state index is 3.44. The van der Waals surface area contributed by atoms with Crippen molar-refractivity contribution >= 4 is 26.7 Å². The van der Waals surface area contributed by atoms with Crippen LogP contribution < -0.4 is 21.5 Å². The van der Waals surface area contributed by atoms with Gasteiger partial charge in [0.05, 0.1) is 0 Å². The lowest BCUT2D eigenvalue weighted by atomic mass is 10.2. The zero-order valence-electron chi connectivity index (χ0n) is 8.37. The van der Waals surface area contributed by atoms with Gasteiger partial charge < -0.3 is 17.0 Å². The maximum atomic E-state index is 3.44. The Balaban J connectivity index is 0.00000112. The number of fused-ring (bicyclic) bond motifs is 1. The van der Waals surface area contributed by atoms with Gasteiger partial charge in [-0.1, -0.05) is 34.1 Å². The standard InChI is InChI=1S/C12H13BrN.BrH/c13-7-3-8-14-9-6-11-4-1-2-5-12(11)10-14;/h1-2,4-6,9-10H,3,7-8H2;1H/q+1;/p-1. The fraction of sp³-hybridized carbons (Fsp3) is 0.250. The zero-order valence-corrected chi connectivity index (χ0v) is 11.5. The van der Waals surface area contributed by atoms with Crippen LogP contribution in [0.5, 0.6) is 0 Å². The minimum Gasteiger partial charge on any atom is -1.00 e. The lowest BCUT2D eigenvalue weighted by molar-refractivity contribution is -0.695. The van der Waals surface area contributed by atoms with E-state index in [0.29, 0.717) is 0 Å². The summed E-state index contributed by atoms with van der Waals surface area (Å²) in [5.41, 5.74) is 0. The lowest BCUT2D eigenvalue weighted by Crippen LogP contribution is -3.00. The van der Waals surface area contributed by atoms with Crippen molar-refractivity contribution < 1.29 is 21.5 Å². The number of aryl methyl sites for hydroxylation is 1. The van der Waals surface area contributed by atoms with Crippen molar-refractivity contribution in [3.63, 3.8) is 0 Å². The summed E-state index contributed by atoms with van der Waals surface area (Å²) in [4.78, 5) is 0. The van der Waals surface area contributed by atoms with Crippen LogP contribution in [0, 0.1) is 0 Å². The first-order valence-corrected chi connectivity index (χ1v) is 5.96. The smallest absolute Gasteiger partial charge is 0.176 e. The van der Waals surface area contributed by atoms with E-state index in [1.165, 1.54) is 17.2 Å². The predicted octanol–water partition coefficient (Wildman–Crippen LogP) is -0.0837. The molecule has 0 saturated carbocycles. The molecule has 2 aromatic rings. The third kappa shape index (κ3) is 3.28. The van der Waals surface area contributed by atoms with E-state index in [2.05, 4.69) is 63.2 Å². The second-order valence-corrected chi connectivity index (χ2v) is 4.15. The SMILES string of the molecule is BrCCC[n+]1ccc2ccccc2c1.[Br-]. The number of rotatable bonds is 3. The molecule has 0 bridgehead atoms. The zero-order chi connectivity index (χ0) is 9.80. The fourth-order valence-electron chi connectivity index (χ4n) is 1.56. The van der Waals surface area contributed by atoms with Gasteiger partial charge in [-0.25, -0.2) is 4.57 Å². The van der Waals surface area contributed by atoms with Gasteiger partial charge in [-0.05, 0) is 11.5 Å². The molecule has 2 rings (SSSR count). The molecular formula is C12H13Br2N. The molecule has 0 unspecified atom stereocenters. The molecule has 0 amide bonds. The van der Waals surface area contributed by atoms with E-state index in [9.17, 15) is 0 Å². The summed E-state index contributed by atoms with van der Waals surface area (Å²) < 4.78 is 2.24. The van der Waals surface area contributed by atoms with Crippen molar-refractivity contribution in [2.24, 2.45) is 0 Å². The third-order valence-corrected chi connectivity index (χ3v) is 2.86. The third-order valence-electron chi connectivity index (χ3n) is 2.30. The van der Waals surface area contributed by atoms with Crippen LogP contribution in [0.3, 0.4) is 0 Å². The van der Waals surface area contributed by atoms with E-state index >= 15 is 0 Å². The maximum Gasteiger partial charge on any atom is 0.176 e. The average Bonchev–Trinajstić information content (AvgIpc) is 2.26. The van der Waals surface area contributed by atoms with Gasteiger partial charge in [0, 0.05) is 23.2 Å². The van der Waals surface area contributed by atoms with Gasteiger partial charge in [-0.2, -0.15) is 0 Å². The molecule has 1 heterocycles. The summed E-state index contributed by atoms with van der Waals surface area (Å²) in [7, 11) is 0. The Hall–Kier alpha value is -0.410. The minimum absolute atomic E-state index is 0. The summed E-state index contributed by atoms with van der Waals surface area (Å²) in [5, 5.41) is 3.68. The molecule has 80 valence electrons. The van der Waals surface area contributed by atoms with Crippen LogP contribution in [0.1, 0.15) is 6.42 Å². The van der Waals surface area contributed by atoms with Crippen LogP contribution >= 0.6 is 15.9 Å². The van der Waals surface area contributed by atoms with E-state index in [1.54, 1.807) is 0 Å². The lowest BCUT2D eigenvalue weighted by Gasteiger charge is -1.97. The van der Waals surface area contributed by atoms with Crippen molar-refractivity contribution in [2.45, 2.75) is 13.0 Å². The van der Waals surface area contributed by atoms with Gasteiger partial charge in [-0.3, -0.25) is 0 Å². The number of pyridine rings is 1. The van der Waals surface area contributed by atoms with Gasteiger partial charge >= 0.3 is 0 Å². The first-order valence-electron chi connectivity index (χ1n) is 4.84. The van der Waals surface area contributed by atoms with Gasteiger partial charge in [-0.15, -0.1) is 0 Å². The molecule has 0 atom stereocenters. The predicted molar refractivity (Wildman–Crippen MR) is 62.6 cm³/mol. The summed E-state index contributed by atoms with van der Waals surface area (Å²) in [6.07, 6.45) is 5.52. The summed E-state index contributed by atoms with van der Waals surface area (Å²) in [6, 6.07) is 10.6. The fourth-order valence-corrected chi connectivity index (χ4v) is 1.81. The monoisotopic (exact) mass is 329 g/mol. The number of hydrogen-bond donors (Lipinski definition) is 0. The van der Waals surface area contributed by atoms with E-state index in [1.807, 2.05) is 0 Å². The largest absolute Gasteiger partial charge is 1.00 e. The molecule has 0 aliphatic carbocycles. The van der Waals surface area contributed by atoms with Crippen molar-refractivity contribution in [1.82, 2.24) is 0 Å². The number of halogens is 2.